The van der Waals surface area contributed by atoms with Crippen molar-refractivity contribution in [2.75, 3.05) is 18.9 Å². The number of nitrogen functional groups attached to an aromatic ring is 1. The molecule has 70 valence electrons. The van der Waals surface area contributed by atoms with E-state index in [1.807, 2.05) is 12.1 Å². The van der Waals surface area contributed by atoms with Crippen molar-refractivity contribution >= 4 is 17.3 Å². The molecule has 0 aromatic heterocycles. The van der Waals surface area contributed by atoms with Crippen molar-refractivity contribution in [3.05, 3.63) is 28.8 Å². The lowest BCUT2D eigenvalue weighted by atomic mass is 10.2. The second-order valence-corrected chi connectivity index (χ2v) is 3.20. The van der Waals surface area contributed by atoms with E-state index in [4.69, 9.17) is 26.8 Å². The van der Waals surface area contributed by atoms with Crippen LogP contribution < -0.4 is 5.73 Å². The summed E-state index contributed by atoms with van der Waals surface area (Å²) in [5.41, 5.74) is 7.00. The van der Waals surface area contributed by atoms with Gasteiger partial charge in [0.15, 0.2) is 6.29 Å². The highest BCUT2D eigenvalue weighted by atomic mass is 35.5. The van der Waals surface area contributed by atoms with Crippen LogP contribution in [0.2, 0.25) is 5.02 Å². The Morgan fingerprint density at radius 3 is 2.69 bits per heavy atom. The molecule has 4 heteroatoms. The number of nitrogens with two attached hydrogens (primary N) is 1. The summed E-state index contributed by atoms with van der Waals surface area (Å²) in [6, 6.07) is 5.44. The summed E-state index contributed by atoms with van der Waals surface area (Å²) in [5.74, 6) is 0. The zero-order valence-electron chi connectivity index (χ0n) is 7.00. The highest BCUT2D eigenvalue weighted by molar-refractivity contribution is 6.33. The van der Waals surface area contributed by atoms with Crippen LogP contribution in [-0.4, -0.2) is 13.2 Å². The van der Waals surface area contributed by atoms with Gasteiger partial charge < -0.3 is 15.2 Å². The average molecular weight is 200 g/mol. The van der Waals surface area contributed by atoms with Gasteiger partial charge in [-0.3, -0.25) is 0 Å². The first-order valence-electron chi connectivity index (χ1n) is 4.06. The van der Waals surface area contributed by atoms with E-state index < -0.39 is 0 Å². The SMILES string of the molecule is Nc1cccc(C2OCCO2)c1Cl. The van der Waals surface area contributed by atoms with E-state index in [0.717, 1.165) is 5.56 Å². The van der Waals surface area contributed by atoms with E-state index in [1.54, 1.807) is 6.07 Å². The van der Waals surface area contributed by atoms with Gasteiger partial charge in [0.25, 0.3) is 0 Å². The fourth-order valence-corrected chi connectivity index (χ4v) is 1.50. The molecular formula is C9H10ClNO2. The Kier molecular flexibility index (Phi) is 2.40. The van der Waals surface area contributed by atoms with E-state index in [1.165, 1.54) is 0 Å². The molecule has 2 rings (SSSR count). The van der Waals surface area contributed by atoms with Crippen molar-refractivity contribution in [3.63, 3.8) is 0 Å². The maximum absolute atomic E-state index is 5.99. The van der Waals surface area contributed by atoms with E-state index >= 15 is 0 Å². The molecule has 0 unspecified atom stereocenters. The van der Waals surface area contributed by atoms with Crippen LogP contribution in [0.1, 0.15) is 11.9 Å². The zero-order chi connectivity index (χ0) is 9.26. The maximum Gasteiger partial charge on any atom is 0.185 e. The third kappa shape index (κ3) is 1.63. The molecule has 0 amide bonds. The summed E-state index contributed by atoms with van der Waals surface area (Å²) in [5, 5.41) is 0.523. The van der Waals surface area contributed by atoms with Gasteiger partial charge in [0, 0.05) is 5.56 Å². The molecule has 0 saturated carbocycles. The Morgan fingerprint density at radius 2 is 2.00 bits per heavy atom. The minimum Gasteiger partial charge on any atom is -0.398 e. The molecule has 1 aliphatic rings. The Morgan fingerprint density at radius 1 is 1.31 bits per heavy atom. The molecule has 0 spiro atoms. The molecule has 13 heavy (non-hydrogen) atoms. The number of benzene rings is 1. The van der Waals surface area contributed by atoms with Crippen LogP contribution >= 0.6 is 11.6 Å². The first-order chi connectivity index (χ1) is 6.29. The normalized spacial score (nSPS) is 17.9. The van der Waals surface area contributed by atoms with Gasteiger partial charge in [-0.2, -0.15) is 0 Å². The molecule has 3 nitrogen and oxygen atoms in total. The average Bonchev–Trinajstić information content (AvgIpc) is 2.62. The van der Waals surface area contributed by atoms with E-state index in [9.17, 15) is 0 Å². The summed E-state index contributed by atoms with van der Waals surface area (Å²) in [7, 11) is 0. The van der Waals surface area contributed by atoms with Crippen LogP contribution in [-0.2, 0) is 9.47 Å². The largest absolute Gasteiger partial charge is 0.398 e. The van der Waals surface area contributed by atoms with E-state index in [2.05, 4.69) is 0 Å². The molecule has 0 bridgehead atoms. The highest BCUT2D eigenvalue weighted by Gasteiger charge is 2.21. The molecule has 1 aromatic rings. The second kappa shape index (κ2) is 3.54. The number of anilines is 1. The summed E-state index contributed by atoms with van der Waals surface area (Å²) < 4.78 is 10.6. The third-order valence-electron chi connectivity index (χ3n) is 1.93. The molecule has 1 aliphatic heterocycles. The highest BCUT2D eigenvalue weighted by Crippen LogP contribution is 2.32. The van der Waals surface area contributed by atoms with Gasteiger partial charge in [0.1, 0.15) is 0 Å². The molecule has 0 radical (unpaired) electrons. The van der Waals surface area contributed by atoms with Crippen molar-refractivity contribution < 1.29 is 9.47 Å². The van der Waals surface area contributed by atoms with Crippen LogP contribution in [0.25, 0.3) is 0 Å². The number of ether oxygens (including phenoxy) is 2. The Bertz CT molecular complexity index is 310. The van der Waals surface area contributed by atoms with Gasteiger partial charge in [0.2, 0.25) is 0 Å². The lowest BCUT2D eigenvalue weighted by Gasteiger charge is -2.11. The summed E-state index contributed by atoms with van der Waals surface area (Å²) in [4.78, 5) is 0. The number of halogens is 1. The smallest absolute Gasteiger partial charge is 0.185 e. The van der Waals surface area contributed by atoms with Crippen molar-refractivity contribution in [2.45, 2.75) is 6.29 Å². The fourth-order valence-electron chi connectivity index (χ4n) is 1.29. The molecule has 1 fully saturated rings. The topological polar surface area (TPSA) is 44.5 Å². The predicted octanol–water partition coefficient (Wildman–Crippen LogP) is 1.97. The minimum absolute atomic E-state index is 0.351. The van der Waals surface area contributed by atoms with E-state index in [0.29, 0.717) is 23.9 Å². The minimum atomic E-state index is -0.351. The number of hydrogen-bond acceptors (Lipinski definition) is 3. The zero-order valence-corrected chi connectivity index (χ0v) is 7.75. The molecule has 0 aliphatic carbocycles. The van der Waals surface area contributed by atoms with Gasteiger partial charge in [-0.05, 0) is 6.07 Å². The van der Waals surface area contributed by atoms with Crippen LogP contribution in [0.4, 0.5) is 5.69 Å². The summed E-state index contributed by atoms with van der Waals surface area (Å²) in [6.45, 7) is 1.21. The van der Waals surface area contributed by atoms with Crippen molar-refractivity contribution in [1.82, 2.24) is 0 Å². The van der Waals surface area contributed by atoms with Gasteiger partial charge in [-0.15, -0.1) is 0 Å². The lowest BCUT2D eigenvalue weighted by molar-refractivity contribution is -0.0439. The fraction of sp³-hybridized carbons (Fsp3) is 0.333. The van der Waals surface area contributed by atoms with Crippen molar-refractivity contribution in [3.8, 4) is 0 Å². The van der Waals surface area contributed by atoms with Gasteiger partial charge in [0.05, 0.1) is 23.9 Å². The van der Waals surface area contributed by atoms with Crippen LogP contribution in [0.5, 0.6) is 0 Å². The Hall–Kier alpha value is -0.770. The number of hydrogen-bond donors (Lipinski definition) is 1. The first kappa shape index (κ1) is 8.81. The van der Waals surface area contributed by atoms with Crippen LogP contribution in [0, 0.1) is 0 Å². The predicted molar refractivity (Wildman–Crippen MR) is 50.5 cm³/mol. The Labute approximate surface area is 81.4 Å². The molecule has 1 aromatic carbocycles. The van der Waals surface area contributed by atoms with E-state index in [-0.39, 0.29) is 6.29 Å². The second-order valence-electron chi connectivity index (χ2n) is 2.82. The Balaban J connectivity index is 2.33. The molecule has 0 atom stereocenters. The molecular weight excluding hydrogens is 190 g/mol. The van der Waals surface area contributed by atoms with Crippen molar-refractivity contribution in [1.29, 1.82) is 0 Å². The number of rotatable bonds is 1. The lowest BCUT2D eigenvalue weighted by Crippen LogP contribution is -2.00. The van der Waals surface area contributed by atoms with Crippen LogP contribution in [0.15, 0.2) is 18.2 Å². The van der Waals surface area contributed by atoms with Gasteiger partial charge in [-0.25, -0.2) is 0 Å². The molecule has 2 N–H and O–H groups in total. The monoisotopic (exact) mass is 199 g/mol. The van der Waals surface area contributed by atoms with Gasteiger partial charge >= 0.3 is 0 Å². The molecule has 1 heterocycles. The summed E-state index contributed by atoms with van der Waals surface area (Å²) >= 11 is 5.99. The quantitative estimate of drug-likeness (QED) is 0.704. The van der Waals surface area contributed by atoms with Crippen LogP contribution in [0.3, 0.4) is 0 Å². The third-order valence-corrected chi connectivity index (χ3v) is 2.37. The summed E-state index contributed by atoms with van der Waals surface area (Å²) in [6.07, 6.45) is -0.351. The maximum atomic E-state index is 5.99. The molecule has 1 saturated heterocycles. The standard InChI is InChI=1S/C9H10ClNO2/c10-8-6(2-1-3-7(8)11)9-12-4-5-13-9/h1-3,9H,4-5,11H2. The van der Waals surface area contributed by atoms with Crippen molar-refractivity contribution in [2.24, 2.45) is 0 Å². The first-order valence-corrected chi connectivity index (χ1v) is 4.44. The van der Waals surface area contributed by atoms with Gasteiger partial charge in [-0.1, -0.05) is 23.7 Å².